The molecule has 0 radical (unpaired) electrons. The molecule has 0 aliphatic carbocycles. The van der Waals surface area contributed by atoms with Gasteiger partial charge in [-0.05, 0) is 43.3 Å². The topological polar surface area (TPSA) is 112 Å². The van der Waals surface area contributed by atoms with Crippen LogP contribution in [0.1, 0.15) is 23.3 Å². The standard InChI is InChI=1S/C21H14ClN3O4/c1-11(28-21(27)18-9-12-8-13(22)6-7-17(12)29-18)19(26)14(10-23)20-24-15-4-2-3-5-16(15)25-20/h2-9,11,26H,1H3,(H,24,25)/b19-14-/t11-/m0/s1. The molecule has 0 bridgehead atoms. The first-order valence-electron chi connectivity index (χ1n) is 8.64. The Labute approximate surface area is 169 Å². The van der Waals surface area contributed by atoms with E-state index in [1.54, 1.807) is 30.3 Å². The summed E-state index contributed by atoms with van der Waals surface area (Å²) in [6.45, 7) is 1.45. The number of benzene rings is 2. The second-order valence-corrected chi connectivity index (χ2v) is 6.75. The van der Waals surface area contributed by atoms with Gasteiger partial charge in [-0.1, -0.05) is 23.7 Å². The number of imidazole rings is 1. The number of aromatic nitrogens is 2. The Hall–Kier alpha value is -3.76. The number of rotatable bonds is 4. The van der Waals surface area contributed by atoms with Crippen LogP contribution in [0.4, 0.5) is 0 Å². The summed E-state index contributed by atoms with van der Waals surface area (Å²) in [5, 5.41) is 21.2. The van der Waals surface area contributed by atoms with E-state index in [1.807, 2.05) is 18.2 Å². The number of esters is 1. The van der Waals surface area contributed by atoms with Crippen molar-refractivity contribution < 1.29 is 19.1 Å². The van der Waals surface area contributed by atoms with E-state index in [-0.39, 0.29) is 17.2 Å². The number of fused-ring (bicyclic) bond motifs is 2. The Kier molecular flexibility index (Phi) is 4.71. The van der Waals surface area contributed by atoms with Gasteiger partial charge in [-0.25, -0.2) is 9.78 Å². The van der Waals surface area contributed by atoms with Crippen LogP contribution in [-0.2, 0) is 4.74 Å². The lowest BCUT2D eigenvalue weighted by Gasteiger charge is -2.12. The van der Waals surface area contributed by atoms with Crippen LogP contribution >= 0.6 is 11.6 Å². The molecule has 2 aromatic heterocycles. The highest BCUT2D eigenvalue weighted by atomic mass is 35.5. The van der Waals surface area contributed by atoms with Gasteiger partial charge in [0.15, 0.2) is 17.7 Å². The maximum atomic E-state index is 12.4. The van der Waals surface area contributed by atoms with Crippen LogP contribution in [0.2, 0.25) is 5.02 Å². The minimum atomic E-state index is -1.10. The zero-order valence-corrected chi connectivity index (χ0v) is 15.9. The third kappa shape index (κ3) is 3.53. The number of nitriles is 1. The predicted octanol–water partition coefficient (Wildman–Crippen LogP) is 5.00. The second-order valence-electron chi connectivity index (χ2n) is 6.31. The maximum absolute atomic E-state index is 12.4. The fraction of sp³-hybridized carbons (Fsp3) is 0.0952. The van der Waals surface area contributed by atoms with Crippen molar-refractivity contribution in [3.05, 3.63) is 70.9 Å². The summed E-state index contributed by atoms with van der Waals surface area (Å²) in [6.07, 6.45) is -1.10. The van der Waals surface area contributed by atoms with Crippen molar-refractivity contribution in [1.82, 2.24) is 9.97 Å². The van der Waals surface area contributed by atoms with Crippen molar-refractivity contribution in [2.45, 2.75) is 13.0 Å². The quantitative estimate of drug-likeness (QED) is 0.279. The molecule has 2 aromatic carbocycles. The van der Waals surface area contributed by atoms with Crippen LogP contribution < -0.4 is 0 Å². The van der Waals surface area contributed by atoms with Crippen LogP contribution in [0, 0.1) is 11.3 Å². The van der Waals surface area contributed by atoms with E-state index in [0.717, 1.165) is 0 Å². The van der Waals surface area contributed by atoms with E-state index in [4.69, 9.17) is 20.8 Å². The zero-order valence-electron chi connectivity index (χ0n) is 15.1. The Morgan fingerprint density at radius 3 is 2.86 bits per heavy atom. The number of hydrogen-bond donors (Lipinski definition) is 2. The van der Waals surface area contributed by atoms with Crippen LogP contribution in [0.5, 0.6) is 0 Å². The van der Waals surface area contributed by atoms with Crippen molar-refractivity contribution in [1.29, 1.82) is 5.26 Å². The monoisotopic (exact) mass is 407 g/mol. The molecule has 4 rings (SSSR count). The molecular weight excluding hydrogens is 394 g/mol. The number of furan rings is 1. The molecule has 0 saturated carbocycles. The van der Waals surface area contributed by atoms with Gasteiger partial charge in [-0.2, -0.15) is 5.26 Å². The number of allylic oxidation sites excluding steroid dienone is 1. The predicted molar refractivity (Wildman–Crippen MR) is 107 cm³/mol. The molecule has 0 saturated heterocycles. The first-order chi connectivity index (χ1) is 14.0. The Bertz CT molecular complexity index is 1280. The number of carbonyl (C=O) groups is 1. The number of hydrogen-bond acceptors (Lipinski definition) is 6. The molecule has 7 nitrogen and oxygen atoms in total. The molecule has 0 amide bonds. The second kappa shape index (κ2) is 7.34. The van der Waals surface area contributed by atoms with Crippen molar-refractivity contribution in [3.8, 4) is 6.07 Å². The van der Waals surface area contributed by atoms with Gasteiger partial charge in [0.2, 0.25) is 5.76 Å². The SMILES string of the molecule is C[C@H](OC(=O)c1cc2cc(Cl)ccc2o1)/C(O)=C(\C#N)c1nc2ccccc2[nH]1. The van der Waals surface area contributed by atoms with Crippen LogP contribution in [0.3, 0.4) is 0 Å². The molecule has 2 N–H and O–H groups in total. The first-order valence-corrected chi connectivity index (χ1v) is 9.02. The lowest BCUT2D eigenvalue weighted by molar-refractivity contribution is 0.0301. The normalized spacial score (nSPS) is 13.1. The number of carbonyl (C=O) groups excluding carboxylic acids is 1. The molecule has 0 aliphatic rings. The largest absolute Gasteiger partial charge is 0.507 e. The minimum Gasteiger partial charge on any atom is -0.507 e. The van der Waals surface area contributed by atoms with E-state index in [2.05, 4.69) is 9.97 Å². The van der Waals surface area contributed by atoms with E-state index in [1.165, 1.54) is 13.0 Å². The number of aromatic amines is 1. The summed E-state index contributed by atoms with van der Waals surface area (Å²) >= 11 is 5.94. The lowest BCUT2D eigenvalue weighted by Crippen LogP contribution is -2.18. The van der Waals surface area contributed by atoms with Gasteiger partial charge < -0.3 is 19.2 Å². The molecule has 144 valence electrons. The van der Waals surface area contributed by atoms with Gasteiger partial charge in [-0.15, -0.1) is 0 Å². The molecule has 0 aliphatic heterocycles. The first kappa shape index (κ1) is 18.6. The molecule has 0 fully saturated rings. The van der Waals surface area contributed by atoms with Crippen LogP contribution in [0.25, 0.3) is 27.6 Å². The van der Waals surface area contributed by atoms with Gasteiger partial charge in [0.1, 0.15) is 17.2 Å². The average molecular weight is 408 g/mol. The highest BCUT2D eigenvalue weighted by molar-refractivity contribution is 6.31. The lowest BCUT2D eigenvalue weighted by atomic mass is 10.1. The molecule has 0 spiro atoms. The third-order valence-corrected chi connectivity index (χ3v) is 4.58. The van der Waals surface area contributed by atoms with Crippen LogP contribution in [-0.4, -0.2) is 27.1 Å². The number of aliphatic hydroxyl groups is 1. The molecular formula is C21H14ClN3O4. The summed E-state index contributed by atoms with van der Waals surface area (Å²) < 4.78 is 10.7. The van der Waals surface area contributed by atoms with Gasteiger partial charge >= 0.3 is 5.97 Å². The molecule has 1 atom stereocenters. The number of halogens is 1. The number of ether oxygens (including phenoxy) is 1. The molecule has 4 aromatic rings. The van der Waals surface area contributed by atoms with E-state index in [9.17, 15) is 15.2 Å². The van der Waals surface area contributed by atoms with E-state index in [0.29, 0.717) is 27.0 Å². The zero-order chi connectivity index (χ0) is 20.5. The number of para-hydroxylation sites is 2. The van der Waals surface area contributed by atoms with Gasteiger partial charge in [0.25, 0.3) is 0 Å². The highest BCUT2D eigenvalue weighted by Crippen LogP contribution is 2.25. The summed E-state index contributed by atoms with van der Waals surface area (Å²) in [6, 6.07) is 15.6. The Morgan fingerprint density at radius 1 is 1.31 bits per heavy atom. The Balaban J connectivity index is 1.60. The number of H-pyrrole nitrogens is 1. The fourth-order valence-corrected chi connectivity index (χ4v) is 3.08. The van der Waals surface area contributed by atoms with Crippen LogP contribution in [0.15, 0.2) is 58.7 Å². The fourth-order valence-electron chi connectivity index (χ4n) is 2.90. The molecule has 2 heterocycles. The number of nitrogens with one attached hydrogen (secondary N) is 1. The van der Waals surface area contributed by atoms with Gasteiger partial charge in [0.05, 0.1) is 11.0 Å². The van der Waals surface area contributed by atoms with Gasteiger partial charge in [-0.3, -0.25) is 0 Å². The smallest absolute Gasteiger partial charge is 0.374 e. The van der Waals surface area contributed by atoms with Crippen molar-refractivity contribution in [2.75, 3.05) is 0 Å². The highest BCUT2D eigenvalue weighted by Gasteiger charge is 2.23. The summed E-state index contributed by atoms with van der Waals surface area (Å²) in [4.78, 5) is 19.7. The van der Waals surface area contributed by atoms with Crippen molar-refractivity contribution in [2.24, 2.45) is 0 Å². The minimum absolute atomic E-state index is 0.0378. The number of aliphatic hydroxyl groups excluding tert-OH is 1. The molecule has 29 heavy (non-hydrogen) atoms. The van der Waals surface area contributed by atoms with E-state index >= 15 is 0 Å². The third-order valence-electron chi connectivity index (χ3n) is 4.34. The molecule has 8 heteroatoms. The summed E-state index contributed by atoms with van der Waals surface area (Å²) in [5.74, 6) is -1.05. The van der Waals surface area contributed by atoms with Gasteiger partial charge in [0, 0.05) is 10.4 Å². The van der Waals surface area contributed by atoms with Crippen molar-refractivity contribution in [3.63, 3.8) is 0 Å². The number of nitrogens with zero attached hydrogens (tertiary/aromatic N) is 2. The average Bonchev–Trinajstić information content (AvgIpc) is 3.31. The Morgan fingerprint density at radius 2 is 2.10 bits per heavy atom. The summed E-state index contributed by atoms with van der Waals surface area (Å²) in [7, 11) is 0. The van der Waals surface area contributed by atoms with Crippen molar-refractivity contribution >= 4 is 45.1 Å². The van der Waals surface area contributed by atoms with E-state index < -0.39 is 17.8 Å². The maximum Gasteiger partial charge on any atom is 0.374 e. The summed E-state index contributed by atoms with van der Waals surface area (Å²) in [5.41, 5.74) is 1.73. The molecule has 0 unspecified atom stereocenters.